The molecule has 2 unspecified atom stereocenters. The van der Waals surface area contributed by atoms with Crippen molar-refractivity contribution in [1.82, 2.24) is 9.80 Å². The SMILES string of the molecule is CC(C)(N=NC(C)(C)C1CN(CCO)C=N1)C1CN(CCO)C=N1.Cl.Cl. The van der Waals surface area contributed by atoms with Gasteiger partial charge < -0.3 is 20.0 Å². The van der Waals surface area contributed by atoms with Gasteiger partial charge in [-0.3, -0.25) is 9.98 Å². The van der Waals surface area contributed by atoms with E-state index in [0.717, 1.165) is 13.1 Å². The van der Waals surface area contributed by atoms with Crippen LogP contribution in [0.25, 0.3) is 0 Å². The predicted molar refractivity (Wildman–Crippen MR) is 109 cm³/mol. The Labute approximate surface area is 168 Å². The lowest BCUT2D eigenvalue weighted by Gasteiger charge is -2.29. The van der Waals surface area contributed by atoms with Crippen LogP contribution in [0.5, 0.6) is 0 Å². The first-order valence-electron chi connectivity index (χ1n) is 8.49. The lowest BCUT2D eigenvalue weighted by atomic mass is 9.95. The fraction of sp³-hybridized carbons (Fsp3) is 0.875. The van der Waals surface area contributed by atoms with Crippen LogP contribution in [-0.2, 0) is 0 Å². The molecule has 0 spiro atoms. The van der Waals surface area contributed by atoms with Crippen LogP contribution < -0.4 is 0 Å². The Morgan fingerprint density at radius 1 is 0.846 bits per heavy atom. The average molecular weight is 411 g/mol. The van der Waals surface area contributed by atoms with Gasteiger partial charge in [0, 0.05) is 26.2 Å². The zero-order valence-electron chi connectivity index (χ0n) is 15.9. The highest BCUT2D eigenvalue weighted by Gasteiger charge is 2.37. The molecule has 2 aliphatic heterocycles. The number of hydrogen-bond donors (Lipinski definition) is 2. The van der Waals surface area contributed by atoms with Crippen molar-refractivity contribution < 1.29 is 10.2 Å². The first-order valence-corrected chi connectivity index (χ1v) is 8.49. The van der Waals surface area contributed by atoms with Crippen molar-refractivity contribution in [3.05, 3.63) is 0 Å². The lowest BCUT2D eigenvalue weighted by molar-refractivity contribution is 0.239. The van der Waals surface area contributed by atoms with Gasteiger partial charge in [0.2, 0.25) is 0 Å². The van der Waals surface area contributed by atoms with Gasteiger partial charge in [-0.1, -0.05) is 0 Å². The number of aliphatic imine (C=N–C) groups is 2. The molecule has 0 amide bonds. The van der Waals surface area contributed by atoms with Crippen LogP contribution in [0.2, 0.25) is 0 Å². The van der Waals surface area contributed by atoms with Gasteiger partial charge in [0.25, 0.3) is 0 Å². The van der Waals surface area contributed by atoms with Gasteiger partial charge in [-0.2, -0.15) is 10.2 Å². The van der Waals surface area contributed by atoms with Crippen molar-refractivity contribution >= 4 is 37.5 Å². The Hall–Kier alpha value is -0.960. The Morgan fingerprint density at radius 2 is 1.19 bits per heavy atom. The summed E-state index contributed by atoms with van der Waals surface area (Å²) in [6, 6.07) is 0.0585. The largest absolute Gasteiger partial charge is 0.395 e. The Bertz CT molecular complexity index is 469. The molecule has 0 aromatic rings. The maximum Gasteiger partial charge on any atom is 0.1000 e. The van der Waals surface area contributed by atoms with Gasteiger partial charge in [0.05, 0.1) is 49.1 Å². The summed E-state index contributed by atoms with van der Waals surface area (Å²) in [6.45, 7) is 11.1. The van der Waals surface area contributed by atoms with Gasteiger partial charge >= 0.3 is 0 Å². The normalized spacial score (nSPS) is 22.8. The summed E-state index contributed by atoms with van der Waals surface area (Å²) in [5.74, 6) is 0. The van der Waals surface area contributed by atoms with Gasteiger partial charge in [-0.15, -0.1) is 24.8 Å². The number of rotatable bonds is 8. The van der Waals surface area contributed by atoms with Crippen molar-refractivity contribution in [3.8, 4) is 0 Å². The zero-order valence-corrected chi connectivity index (χ0v) is 17.6. The molecular weight excluding hydrogens is 379 g/mol. The fourth-order valence-corrected chi connectivity index (χ4v) is 2.74. The number of nitrogens with zero attached hydrogens (tertiary/aromatic N) is 6. The van der Waals surface area contributed by atoms with Crippen LogP contribution in [0.15, 0.2) is 20.2 Å². The van der Waals surface area contributed by atoms with Gasteiger partial charge in [-0.25, -0.2) is 0 Å². The molecule has 2 atom stereocenters. The number of azo groups is 1. The minimum atomic E-state index is -0.412. The minimum Gasteiger partial charge on any atom is -0.395 e. The van der Waals surface area contributed by atoms with E-state index in [1.165, 1.54) is 0 Å². The van der Waals surface area contributed by atoms with E-state index in [-0.39, 0.29) is 50.1 Å². The highest BCUT2D eigenvalue weighted by atomic mass is 35.5. The Balaban J connectivity index is 0.00000312. The first-order chi connectivity index (χ1) is 11.3. The lowest BCUT2D eigenvalue weighted by Crippen LogP contribution is -2.41. The standard InChI is InChI=1S/C16H30N6O2.2ClH/c1-15(2,13-9-21(5-7-23)11-17-13)19-20-16(3,4)14-10-22(6-8-24)12-18-14;;/h11-14,23-24H,5-10H2,1-4H3;2*1H. The second-order valence-corrected chi connectivity index (χ2v) is 7.51. The molecule has 0 saturated heterocycles. The van der Waals surface area contributed by atoms with E-state index in [1.54, 1.807) is 12.7 Å². The number of halogens is 2. The number of aliphatic hydroxyl groups excluding tert-OH is 2. The quantitative estimate of drug-likeness (QED) is 0.588. The van der Waals surface area contributed by atoms with Crippen molar-refractivity contribution in [3.63, 3.8) is 0 Å². The molecule has 0 bridgehead atoms. The highest BCUT2D eigenvalue weighted by Crippen LogP contribution is 2.27. The second kappa shape index (κ2) is 10.4. The maximum atomic E-state index is 9.03. The number of hydrogen-bond acceptors (Lipinski definition) is 8. The van der Waals surface area contributed by atoms with E-state index in [4.69, 9.17) is 10.2 Å². The van der Waals surface area contributed by atoms with E-state index in [2.05, 4.69) is 20.2 Å². The smallest absolute Gasteiger partial charge is 0.1000 e. The van der Waals surface area contributed by atoms with E-state index in [0.29, 0.717) is 13.1 Å². The van der Waals surface area contributed by atoms with E-state index < -0.39 is 11.1 Å². The Morgan fingerprint density at radius 3 is 1.50 bits per heavy atom. The van der Waals surface area contributed by atoms with Crippen LogP contribution in [0.1, 0.15) is 27.7 Å². The minimum absolute atomic E-state index is 0. The van der Waals surface area contributed by atoms with Crippen molar-refractivity contribution in [2.24, 2.45) is 20.2 Å². The first kappa shape index (κ1) is 25.0. The van der Waals surface area contributed by atoms with Crippen LogP contribution in [-0.4, -0.2) is 95.2 Å². The van der Waals surface area contributed by atoms with Crippen LogP contribution >= 0.6 is 24.8 Å². The topological polar surface area (TPSA) is 96.4 Å². The van der Waals surface area contributed by atoms with Crippen molar-refractivity contribution in [1.29, 1.82) is 0 Å². The van der Waals surface area contributed by atoms with Crippen LogP contribution in [0, 0.1) is 0 Å². The summed E-state index contributed by atoms with van der Waals surface area (Å²) in [7, 11) is 0. The highest BCUT2D eigenvalue weighted by molar-refractivity contribution is 5.85. The van der Waals surface area contributed by atoms with Crippen molar-refractivity contribution in [2.75, 3.05) is 39.4 Å². The third kappa shape index (κ3) is 6.33. The van der Waals surface area contributed by atoms with Crippen LogP contribution in [0.4, 0.5) is 0 Å². The molecule has 0 saturated carbocycles. The maximum absolute atomic E-state index is 9.03. The summed E-state index contributed by atoms with van der Waals surface area (Å²) in [6.07, 6.45) is 3.58. The molecule has 2 rings (SSSR count). The van der Waals surface area contributed by atoms with Gasteiger partial charge in [-0.05, 0) is 27.7 Å². The summed E-state index contributed by atoms with van der Waals surface area (Å²) >= 11 is 0. The molecule has 152 valence electrons. The molecule has 0 aromatic heterocycles. The number of aliphatic hydroxyl groups is 2. The average Bonchev–Trinajstić information content (AvgIpc) is 3.16. The molecule has 2 heterocycles. The van der Waals surface area contributed by atoms with E-state index >= 15 is 0 Å². The van der Waals surface area contributed by atoms with Crippen molar-refractivity contribution in [2.45, 2.75) is 50.9 Å². The third-order valence-corrected chi connectivity index (χ3v) is 4.61. The molecule has 0 aromatic carbocycles. The summed E-state index contributed by atoms with van der Waals surface area (Å²) in [5, 5.41) is 27.3. The molecule has 2 aliphatic rings. The van der Waals surface area contributed by atoms with Gasteiger partial charge in [0.15, 0.2) is 0 Å². The third-order valence-electron chi connectivity index (χ3n) is 4.61. The second-order valence-electron chi connectivity index (χ2n) is 7.51. The summed E-state index contributed by atoms with van der Waals surface area (Å²) in [4.78, 5) is 13.0. The molecule has 0 aliphatic carbocycles. The molecular formula is C16H32Cl2N6O2. The molecule has 8 nitrogen and oxygen atoms in total. The zero-order chi connectivity index (χ0) is 17.8. The monoisotopic (exact) mass is 410 g/mol. The Kier molecular flexibility index (Phi) is 10.0. The molecule has 10 heteroatoms. The molecule has 0 radical (unpaired) electrons. The van der Waals surface area contributed by atoms with E-state index in [1.807, 2.05) is 37.5 Å². The fourth-order valence-electron chi connectivity index (χ4n) is 2.74. The van der Waals surface area contributed by atoms with Crippen LogP contribution in [0.3, 0.4) is 0 Å². The summed E-state index contributed by atoms with van der Waals surface area (Å²) < 4.78 is 0. The molecule has 0 fully saturated rings. The molecule has 26 heavy (non-hydrogen) atoms. The van der Waals surface area contributed by atoms with E-state index in [9.17, 15) is 0 Å². The predicted octanol–water partition coefficient (Wildman–Crippen LogP) is 1.25. The van der Waals surface area contributed by atoms with Gasteiger partial charge in [0.1, 0.15) is 0 Å². The summed E-state index contributed by atoms with van der Waals surface area (Å²) in [5.41, 5.74) is -0.823. The number of β-amino-alcohol motifs (C(OH)–C–C–N with tert-alkyl or cyclic N) is 2. The molecule has 2 N–H and O–H groups in total.